The Labute approximate surface area is 151 Å². The largest absolute Gasteiger partial charge is 0.477 e. The molecule has 0 spiro atoms. The zero-order valence-electron chi connectivity index (χ0n) is 14.7. The van der Waals surface area contributed by atoms with Crippen molar-refractivity contribution >= 4 is 5.97 Å². The van der Waals surface area contributed by atoms with Crippen molar-refractivity contribution in [1.82, 2.24) is 9.78 Å². The van der Waals surface area contributed by atoms with Crippen LogP contribution in [0.25, 0.3) is 22.4 Å². The minimum Gasteiger partial charge on any atom is -0.477 e. The number of aromatic carboxylic acids is 1. The van der Waals surface area contributed by atoms with E-state index in [0.717, 1.165) is 5.56 Å². The van der Waals surface area contributed by atoms with Crippen LogP contribution in [0.15, 0.2) is 65.5 Å². The topological polar surface area (TPSA) is 72.2 Å². The van der Waals surface area contributed by atoms with Crippen molar-refractivity contribution in [3.63, 3.8) is 0 Å². The molecule has 0 amide bonds. The van der Waals surface area contributed by atoms with Crippen LogP contribution in [0.2, 0.25) is 0 Å². The Bertz CT molecular complexity index is 977. The average Bonchev–Trinajstić information content (AvgIpc) is 2.63. The number of nitrogens with zero attached hydrogens (tertiary/aromatic N) is 2. The van der Waals surface area contributed by atoms with Gasteiger partial charge in [-0.25, -0.2) is 9.48 Å². The second-order valence-electron chi connectivity index (χ2n) is 6.52. The van der Waals surface area contributed by atoms with Gasteiger partial charge in [-0.15, -0.1) is 0 Å². The predicted octanol–water partition coefficient (Wildman–Crippen LogP) is 3.93. The second kappa shape index (κ2) is 7.35. The Balaban J connectivity index is 2.41. The van der Waals surface area contributed by atoms with E-state index in [1.54, 1.807) is 12.1 Å². The van der Waals surface area contributed by atoms with Crippen molar-refractivity contribution in [2.24, 2.45) is 5.92 Å². The normalized spacial score (nSPS) is 10.9. The van der Waals surface area contributed by atoms with Crippen molar-refractivity contribution in [2.75, 3.05) is 0 Å². The summed E-state index contributed by atoms with van der Waals surface area (Å²) in [5.41, 5.74) is 1.45. The summed E-state index contributed by atoms with van der Waals surface area (Å²) in [4.78, 5) is 24.8. The Morgan fingerprint density at radius 3 is 2.04 bits per heavy atom. The van der Waals surface area contributed by atoms with E-state index < -0.39 is 11.5 Å². The van der Waals surface area contributed by atoms with Crippen LogP contribution in [-0.2, 0) is 6.54 Å². The molecule has 132 valence electrons. The van der Waals surface area contributed by atoms with E-state index in [2.05, 4.69) is 5.10 Å². The molecule has 0 aliphatic carbocycles. The van der Waals surface area contributed by atoms with Crippen molar-refractivity contribution in [2.45, 2.75) is 20.4 Å². The fourth-order valence-electron chi connectivity index (χ4n) is 2.92. The fraction of sp³-hybridized carbons (Fsp3) is 0.190. The number of carbonyl (C=O) groups is 1. The lowest BCUT2D eigenvalue weighted by molar-refractivity contribution is 0.0694. The van der Waals surface area contributed by atoms with E-state index in [4.69, 9.17) is 0 Å². The maximum atomic E-state index is 12.8. The lowest BCUT2D eigenvalue weighted by Gasteiger charge is -2.16. The first kappa shape index (κ1) is 17.6. The molecule has 1 N–H and O–H groups in total. The first-order chi connectivity index (χ1) is 12.5. The fourth-order valence-corrected chi connectivity index (χ4v) is 2.92. The van der Waals surface area contributed by atoms with Crippen LogP contribution in [-0.4, -0.2) is 20.9 Å². The van der Waals surface area contributed by atoms with Gasteiger partial charge in [0.15, 0.2) is 0 Å². The van der Waals surface area contributed by atoms with Gasteiger partial charge in [0, 0.05) is 17.7 Å². The third-order valence-electron chi connectivity index (χ3n) is 4.02. The van der Waals surface area contributed by atoms with Gasteiger partial charge in [0.1, 0.15) is 5.56 Å². The van der Waals surface area contributed by atoms with Crippen molar-refractivity contribution in [3.8, 4) is 22.4 Å². The van der Waals surface area contributed by atoms with E-state index in [1.807, 2.05) is 62.4 Å². The summed E-state index contributed by atoms with van der Waals surface area (Å²) in [5.74, 6) is -1.08. The molecule has 0 saturated heterocycles. The number of hydrogen-bond donors (Lipinski definition) is 1. The van der Waals surface area contributed by atoms with Crippen molar-refractivity contribution in [1.29, 1.82) is 0 Å². The lowest BCUT2D eigenvalue weighted by atomic mass is 9.95. The van der Waals surface area contributed by atoms with Crippen LogP contribution in [0, 0.1) is 5.92 Å². The number of aromatic nitrogens is 2. The molecule has 5 nitrogen and oxygen atoms in total. The summed E-state index contributed by atoms with van der Waals surface area (Å²) in [6.45, 7) is 4.28. The van der Waals surface area contributed by atoms with Gasteiger partial charge in [-0.05, 0) is 11.5 Å². The third kappa shape index (κ3) is 3.42. The molecule has 0 unspecified atom stereocenters. The zero-order chi connectivity index (χ0) is 18.7. The highest BCUT2D eigenvalue weighted by Gasteiger charge is 2.24. The standard InChI is InChI=1S/C21H20N2O3/c1-14(2)13-23-20(24)18(21(25)26)17(15-9-5-3-6-10-15)19(22-23)16-11-7-4-8-12-16/h3-12,14H,13H2,1-2H3,(H,25,26). The molecule has 5 heteroatoms. The molecule has 1 aromatic heterocycles. The first-order valence-corrected chi connectivity index (χ1v) is 8.48. The molecule has 0 aliphatic rings. The van der Waals surface area contributed by atoms with E-state index in [0.29, 0.717) is 23.4 Å². The van der Waals surface area contributed by atoms with Gasteiger partial charge in [0.25, 0.3) is 5.56 Å². The van der Waals surface area contributed by atoms with E-state index >= 15 is 0 Å². The van der Waals surface area contributed by atoms with Crippen molar-refractivity contribution in [3.05, 3.63) is 76.6 Å². The molecule has 0 saturated carbocycles. The maximum Gasteiger partial charge on any atom is 0.342 e. The summed E-state index contributed by atoms with van der Waals surface area (Å²) in [6, 6.07) is 18.4. The van der Waals surface area contributed by atoms with E-state index in [9.17, 15) is 14.7 Å². The third-order valence-corrected chi connectivity index (χ3v) is 4.02. The van der Waals surface area contributed by atoms with Crippen LogP contribution in [0.4, 0.5) is 0 Å². The van der Waals surface area contributed by atoms with Crippen molar-refractivity contribution < 1.29 is 9.90 Å². The van der Waals surface area contributed by atoms with Crippen LogP contribution >= 0.6 is 0 Å². The molecule has 1 heterocycles. The minimum absolute atomic E-state index is 0.160. The van der Waals surface area contributed by atoms with E-state index in [-0.39, 0.29) is 11.5 Å². The first-order valence-electron chi connectivity index (χ1n) is 8.48. The van der Waals surface area contributed by atoms with Crippen LogP contribution in [0.5, 0.6) is 0 Å². The van der Waals surface area contributed by atoms with Gasteiger partial charge in [0.05, 0.1) is 5.69 Å². The number of carboxylic acid groups (broad SMARTS) is 1. The Hall–Kier alpha value is -3.21. The summed E-state index contributed by atoms with van der Waals surface area (Å²) in [5, 5.41) is 14.3. The van der Waals surface area contributed by atoms with Gasteiger partial charge in [0.2, 0.25) is 0 Å². The number of carboxylic acids is 1. The SMILES string of the molecule is CC(C)Cn1nc(-c2ccccc2)c(-c2ccccc2)c(C(=O)O)c1=O. The molecule has 3 rings (SSSR count). The summed E-state index contributed by atoms with van der Waals surface area (Å²) in [7, 11) is 0. The highest BCUT2D eigenvalue weighted by molar-refractivity contribution is 5.99. The van der Waals surface area contributed by atoms with Gasteiger partial charge < -0.3 is 5.11 Å². The van der Waals surface area contributed by atoms with Gasteiger partial charge in [-0.2, -0.15) is 5.10 Å². The molecule has 2 aromatic carbocycles. The number of benzene rings is 2. The molecule has 0 bridgehead atoms. The predicted molar refractivity (Wildman–Crippen MR) is 101 cm³/mol. The molecule has 3 aromatic rings. The molecule has 0 atom stereocenters. The maximum absolute atomic E-state index is 12.8. The lowest BCUT2D eigenvalue weighted by Crippen LogP contribution is -2.31. The smallest absolute Gasteiger partial charge is 0.342 e. The van der Waals surface area contributed by atoms with Crippen LogP contribution in [0.3, 0.4) is 0 Å². The average molecular weight is 348 g/mol. The quantitative estimate of drug-likeness (QED) is 0.758. The minimum atomic E-state index is -1.24. The molecule has 0 aliphatic heterocycles. The monoisotopic (exact) mass is 348 g/mol. The number of rotatable bonds is 5. The summed E-state index contributed by atoms with van der Waals surface area (Å²) in [6.07, 6.45) is 0. The molecule has 0 radical (unpaired) electrons. The molecular weight excluding hydrogens is 328 g/mol. The highest BCUT2D eigenvalue weighted by Crippen LogP contribution is 2.32. The molecule has 26 heavy (non-hydrogen) atoms. The zero-order valence-corrected chi connectivity index (χ0v) is 14.7. The molecular formula is C21H20N2O3. The van der Waals surface area contributed by atoms with Crippen LogP contribution in [0.1, 0.15) is 24.2 Å². The van der Waals surface area contributed by atoms with Crippen LogP contribution < -0.4 is 5.56 Å². The Morgan fingerprint density at radius 1 is 1.00 bits per heavy atom. The summed E-state index contributed by atoms with van der Waals surface area (Å²) >= 11 is 0. The Kier molecular flexibility index (Phi) is 4.98. The molecule has 0 fully saturated rings. The van der Waals surface area contributed by atoms with Gasteiger partial charge in [-0.1, -0.05) is 74.5 Å². The van der Waals surface area contributed by atoms with Gasteiger partial charge in [-0.3, -0.25) is 4.79 Å². The van der Waals surface area contributed by atoms with Gasteiger partial charge >= 0.3 is 5.97 Å². The van der Waals surface area contributed by atoms with E-state index in [1.165, 1.54) is 4.68 Å². The second-order valence-corrected chi connectivity index (χ2v) is 6.52. The highest BCUT2D eigenvalue weighted by atomic mass is 16.4. The Morgan fingerprint density at radius 2 is 1.54 bits per heavy atom. The number of hydrogen-bond acceptors (Lipinski definition) is 3. The summed E-state index contributed by atoms with van der Waals surface area (Å²) < 4.78 is 1.27.